The lowest BCUT2D eigenvalue weighted by Crippen LogP contribution is -2.58. The third-order valence-corrected chi connectivity index (χ3v) is 6.44. The molecule has 0 radical (unpaired) electrons. The van der Waals surface area contributed by atoms with Crippen LogP contribution in [0.1, 0.15) is 41.7 Å². The Morgan fingerprint density at radius 1 is 1.11 bits per heavy atom. The number of benzene rings is 2. The first-order valence-electron chi connectivity index (χ1n) is 10.4. The monoisotopic (exact) mass is 377 g/mol. The molecule has 0 bridgehead atoms. The highest BCUT2D eigenvalue weighted by Crippen LogP contribution is 2.45. The summed E-state index contributed by atoms with van der Waals surface area (Å²) in [5.41, 5.74) is 5.92. The molecule has 2 aromatic rings. The van der Waals surface area contributed by atoms with Crippen LogP contribution in [0.5, 0.6) is 5.75 Å². The van der Waals surface area contributed by atoms with Crippen LogP contribution in [0.3, 0.4) is 0 Å². The molecule has 28 heavy (non-hydrogen) atoms. The minimum atomic E-state index is -0.111. The molecule has 1 heterocycles. The summed E-state index contributed by atoms with van der Waals surface area (Å²) in [6.45, 7) is 4.69. The molecule has 0 N–H and O–H groups in total. The third-order valence-electron chi connectivity index (χ3n) is 6.44. The minimum absolute atomic E-state index is 0.111. The van der Waals surface area contributed by atoms with Gasteiger partial charge in [0.15, 0.2) is 0 Å². The number of rotatable bonds is 5. The van der Waals surface area contributed by atoms with Crippen LogP contribution in [0.2, 0.25) is 0 Å². The molecule has 2 aliphatic carbocycles. The Hall–Kier alpha value is -2.33. The minimum Gasteiger partial charge on any atom is -0.486 e. The number of aryl methyl sites for hydroxylation is 1. The first-order chi connectivity index (χ1) is 13.6. The SMILES string of the molecule is CCOC(=O)CN1CC2(Cc3ccc(OC4CCc5ccccc54)cc3C2)C1. The molecule has 3 aliphatic rings. The molecular formula is C24H27NO3. The summed E-state index contributed by atoms with van der Waals surface area (Å²) < 4.78 is 11.4. The van der Waals surface area contributed by atoms with Crippen molar-refractivity contribution in [3.8, 4) is 5.75 Å². The van der Waals surface area contributed by atoms with Crippen molar-refractivity contribution in [3.05, 3.63) is 64.7 Å². The van der Waals surface area contributed by atoms with Gasteiger partial charge in [-0.1, -0.05) is 30.3 Å². The molecule has 1 fully saturated rings. The number of nitrogens with zero attached hydrogens (tertiary/aromatic N) is 1. The topological polar surface area (TPSA) is 38.8 Å². The Bertz CT molecular complexity index is 900. The smallest absolute Gasteiger partial charge is 0.320 e. The maximum Gasteiger partial charge on any atom is 0.320 e. The van der Waals surface area contributed by atoms with Gasteiger partial charge in [0.2, 0.25) is 0 Å². The van der Waals surface area contributed by atoms with E-state index in [1.54, 1.807) is 0 Å². The fourth-order valence-electron chi connectivity index (χ4n) is 5.31. The highest BCUT2D eigenvalue weighted by Gasteiger charge is 2.47. The van der Waals surface area contributed by atoms with Crippen molar-refractivity contribution >= 4 is 5.97 Å². The van der Waals surface area contributed by atoms with E-state index in [4.69, 9.17) is 9.47 Å². The second-order valence-corrected chi connectivity index (χ2v) is 8.58. The van der Waals surface area contributed by atoms with Crippen molar-refractivity contribution in [1.29, 1.82) is 0 Å². The van der Waals surface area contributed by atoms with Gasteiger partial charge in [0.1, 0.15) is 11.9 Å². The van der Waals surface area contributed by atoms with Crippen molar-refractivity contribution in [1.82, 2.24) is 4.90 Å². The second kappa shape index (κ2) is 6.93. The molecule has 5 rings (SSSR count). The van der Waals surface area contributed by atoms with Crippen LogP contribution in [0.25, 0.3) is 0 Å². The van der Waals surface area contributed by atoms with Crippen LogP contribution in [0.15, 0.2) is 42.5 Å². The average molecular weight is 377 g/mol. The standard InChI is InChI=1S/C24H27NO3/c1-2-27-23(26)14-25-15-24(16-25)12-18-7-9-20(11-19(18)13-24)28-22-10-8-17-5-3-4-6-21(17)22/h3-7,9,11,22H,2,8,10,12-16H2,1H3. The van der Waals surface area contributed by atoms with Crippen LogP contribution in [0, 0.1) is 5.41 Å². The number of carbonyl (C=O) groups excluding carboxylic acids is 1. The predicted molar refractivity (Wildman–Crippen MR) is 107 cm³/mol. The van der Waals surface area contributed by atoms with E-state index >= 15 is 0 Å². The van der Waals surface area contributed by atoms with Crippen LogP contribution in [-0.4, -0.2) is 37.1 Å². The quantitative estimate of drug-likeness (QED) is 0.745. The summed E-state index contributed by atoms with van der Waals surface area (Å²) in [6.07, 6.45) is 4.52. The van der Waals surface area contributed by atoms with Crippen molar-refractivity contribution < 1.29 is 14.3 Å². The van der Waals surface area contributed by atoms with Gasteiger partial charge >= 0.3 is 5.97 Å². The molecule has 0 aromatic heterocycles. The van der Waals surface area contributed by atoms with Crippen LogP contribution >= 0.6 is 0 Å². The fraction of sp³-hybridized carbons (Fsp3) is 0.458. The van der Waals surface area contributed by atoms with Gasteiger partial charge in [-0.3, -0.25) is 9.69 Å². The van der Waals surface area contributed by atoms with E-state index in [2.05, 4.69) is 47.4 Å². The molecule has 2 aromatic carbocycles. The lowest BCUT2D eigenvalue weighted by molar-refractivity contribution is -0.147. The van der Waals surface area contributed by atoms with Crippen molar-refractivity contribution in [2.45, 2.75) is 38.7 Å². The van der Waals surface area contributed by atoms with Gasteiger partial charge in [-0.2, -0.15) is 0 Å². The molecule has 1 saturated heterocycles. The molecule has 0 saturated carbocycles. The summed E-state index contributed by atoms with van der Waals surface area (Å²) in [6, 6.07) is 15.2. The molecule has 1 atom stereocenters. The molecule has 0 amide bonds. The number of hydrogen-bond donors (Lipinski definition) is 0. The maximum absolute atomic E-state index is 11.7. The maximum atomic E-state index is 11.7. The van der Waals surface area contributed by atoms with E-state index < -0.39 is 0 Å². The molecule has 1 spiro atoms. The number of esters is 1. The Labute approximate surface area is 166 Å². The van der Waals surface area contributed by atoms with Crippen LogP contribution in [-0.2, 0) is 28.8 Å². The Morgan fingerprint density at radius 3 is 2.79 bits per heavy atom. The van der Waals surface area contributed by atoms with Gasteiger partial charge in [-0.05, 0) is 67.0 Å². The zero-order chi connectivity index (χ0) is 19.1. The normalized spacial score (nSPS) is 21.8. The van der Waals surface area contributed by atoms with E-state index in [1.165, 1.54) is 22.3 Å². The molecule has 146 valence electrons. The Morgan fingerprint density at radius 2 is 1.93 bits per heavy atom. The van der Waals surface area contributed by atoms with Gasteiger partial charge in [0, 0.05) is 18.5 Å². The summed E-state index contributed by atoms with van der Waals surface area (Å²) in [5.74, 6) is 0.876. The largest absolute Gasteiger partial charge is 0.486 e. The zero-order valence-electron chi connectivity index (χ0n) is 16.4. The zero-order valence-corrected chi connectivity index (χ0v) is 16.4. The van der Waals surface area contributed by atoms with E-state index in [0.717, 1.165) is 44.5 Å². The molecule has 1 unspecified atom stereocenters. The van der Waals surface area contributed by atoms with Crippen molar-refractivity contribution in [2.24, 2.45) is 5.41 Å². The summed E-state index contributed by atoms with van der Waals surface area (Å²) in [7, 11) is 0. The average Bonchev–Trinajstić information content (AvgIpc) is 3.23. The van der Waals surface area contributed by atoms with Crippen LogP contribution < -0.4 is 4.74 Å². The number of likely N-dealkylation sites (tertiary alicyclic amines) is 1. The summed E-state index contributed by atoms with van der Waals surface area (Å²) >= 11 is 0. The van der Waals surface area contributed by atoms with E-state index in [-0.39, 0.29) is 12.1 Å². The molecule has 4 heteroatoms. The van der Waals surface area contributed by atoms with Gasteiger partial charge in [-0.15, -0.1) is 0 Å². The Balaban J connectivity index is 1.22. The van der Waals surface area contributed by atoms with Crippen LogP contribution in [0.4, 0.5) is 0 Å². The lowest BCUT2D eigenvalue weighted by atomic mass is 9.77. The van der Waals surface area contributed by atoms with Gasteiger partial charge in [0.05, 0.1) is 13.2 Å². The predicted octanol–water partition coefficient (Wildman–Crippen LogP) is 3.72. The lowest BCUT2D eigenvalue weighted by Gasteiger charge is -2.47. The first kappa shape index (κ1) is 17.7. The number of carbonyl (C=O) groups is 1. The summed E-state index contributed by atoms with van der Waals surface area (Å²) in [5, 5.41) is 0. The van der Waals surface area contributed by atoms with Gasteiger partial charge < -0.3 is 9.47 Å². The van der Waals surface area contributed by atoms with Crippen molar-refractivity contribution in [3.63, 3.8) is 0 Å². The highest BCUT2D eigenvalue weighted by atomic mass is 16.5. The highest BCUT2D eigenvalue weighted by molar-refractivity contribution is 5.71. The number of fused-ring (bicyclic) bond motifs is 2. The first-order valence-corrected chi connectivity index (χ1v) is 10.4. The van der Waals surface area contributed by atoms with Crippen molar-refractivity contribution in [2.75, 3.05) is 26.2 Å². The van der Waals surface area contributed by atoms with E-state index in [9.17, 15) is 4.79 Å². The number of ether oxygens (including phenoxy) is 2. The second-order valence-electron chi connectivity index (χ2n) is 8.58. The number of hydrogen-bond acceptors (Lipinski definition) is 4. The van der Waals surface area contributed by atoms with Gasteiger partial charge in [-0.25, -0.2) is 0 Å². The van der Waals surface area contributed by atoms with E-state index in [0.29, 0.717) is 18.6 Å². The van der Waals surface area contributed by atoms with E-state index in [1.807, 2.05) is 6.92 Å². The fourth-order valence-corrected chi connectivity index (χ4v) is 5.31. The van der Waals surface area contributed by atoms with Gasteiger partial charge in [0.25, 0.3) is 0 Å². The molecule has 4 nitrogen and oxygen atoms in total. The Kier molecular flexibility index (Phi) is 4.39. The molecular weight excluding hydrogens is 350 g/mol. The third kappa shape index (κ3) is 3.20. The summed E-state index contributed by atoms with van der Waals surface area (Å²) in [4.78, 5) is 13.9. The molecule has 1 aliphatic heterocycles.